The van der Waals surface area contributed by atoms with E-state index in [1.165, 1.54) is 57.8 Å². The van der Waals surface area contributed by atoms with Crippen LogP contribution in [-0.2, 0) is 9.53 Å². The molecule has 0 fully saturated rings. The summed E-state index contributed by atoms with van der Waals surface area (Å²) < 4.78 is 5.21. The number of rotatable bonds is 17. The normalized spacial score (nSPS) is 12.8. The molecule has 23 heavy (non-hydrogen) atoms. The van der Waals surface area contributed by atoms with Crippen LogP contribution in [0.5, 0.6) is 0 Å². The van der Waals surface area contributed by atoms with Gasteiger partial charge < -0.3 is 9.84 Å². The molecule has 0 saturated heterocycles. The number of aliphatic carboxylic acids is 1. The van der Waals surface area contributed by atoms with Crippen LogP contribution >= 0.6 is 0 Å². The SMILES string of the molecule is CCCCCCCC/C=C\CCCCCCC(OCC)C(=O)O. The summed E-state index contributed by atoms with van der Waals surface area (Å²) >= 11 is 0. The van der Waals surface area contributed by atoms with Crippen molar-refractivity contribution in [3.05, 3.63) is 12.2 Å². The Balaban J connectivity index is 3.32. The van der Waals surface area contributed by atoms with Crippen LogP contribution in [0.25, 0.3) is 0 Å². The van der Waals surface area contributed by atoms with Crippen LogP contribution in [-0.4, -0.2) is 23.8 Å². The Hall–Kier alpha value is -0.830. The zero-order valence-electron chi connectivity index (χ0n) is 15.4. The fourth-order valence-corrected chi connectivity index (χ4v) is 2.70. The number of carbonyl (C=O) groups is 1. The van der Waals surface area contributed by atoms with Gasteiger partial charge in [-0.2, -0.15) is 0 Å². The lowest BCUT2D eigenvalue weighted by Gasteiger charge is -2.11. The standard InChI is InChI=1S/C20H38O3/c1-3-5-6-7-8-9-10-11-12-13-14-15-16-17-18-19(20(21)22)23-4-2/h11-12,19H,3-10,13-18H2,1-2H3,(H,21,22)/b12-11-. The summed E-state index contributed by atoms with van der Waals surface area (Å²) in [7, 11) is 0. The highest BCUT2D eigenvalue weighted by atomic mass is 16.5. The lowest BCUT2D eigenvalue weighted by atomic mass is 10.1. The molecule has 1 N–H and O–H groups in total. The minimum atomic E-state index is -0.829. The van der Waals surface area contributed by atoms with Gasteiger partial charge in [0.05, 0.1) is 0 Å². The first-order valence-electron chi connectivity index (χ1n) is 9.71. The molecule has 0 rings (SSSR count). The third-order valence-electron chi connectivity index (χ3n) is 4.12. The lowest BCUT2D eigenvalue weighted by molar-refractivity contribution is -0.150. The van der Waals surface area contributed by atoms with Crippen molar-refractivity contribution in [1.29, 1.82) is 0 Å². The van der Waals surface area contributed by atoms with Gasteiger partial charge in [-0.1, -0.05) is 70.4 Å². The Kier molecular flexibility index (Phi) is 16.9. The van der Waals surface area contributed by atoms with E-state index in [1.54, 1.807) is 0 Å². The van der Waals surface area contributed by atoms with E-state index in [2.05, 4.69) is 19.1 Å². The summed E-state index contributed by atoms with van der Waals surface area (Å²) in [6, 6.07) is 0. The molecular formula is C20H38O3. The van der Waals surface area contributed by atoms with Gasteiger partial charge in [-0.3, -0.25) is 0 Å². The van der Waals surface area contributed by atoms with Gasteiger partial charge in [-0.05, 0) is 39.0 Å². The summed E-state index contributed by atoms with van der Waals surface area (Å²) in [6.07, 6.45) is 19.7. The van der Waals surface area contributed by atoms with Gasteiger partial charge in [-0.15, -0.1) is 0 Å². The van der Waals surface area contributed by atoms with Crippen LogP contribution in [0.4, 0.5) is 0 Å². The van der Waals surface area contributed by atoms with Crippen LogP contribution in [0.2, 0.25) is 0 Å². The van der Waals surface area contributed by atoms with Gasteiger partial charge in [0.15, 0.2) is 6.10 Å². The number of unbranched alkanes of at least 4 members (excludes halogenated alkanes) is 10. The highest BCUT2D eigenvalue weighted by Crippen LogP contribution is 2.11. The fraction of sp³-hybridized carbons (Fsp3) is 0.850. The van der Waals surface area contributed by atoms with E-state index >= 15 is 0 Å². The quantitative estimate of drug-likeness (QED) is 0.258. The molecule has 136 valence electrons. The van der Waals surface area contributed by atoms with Crippen molar-refractivity contribution in [2.75, 3.05) is 6.61 Å². The van der Waals surface area contributed by atoms with Crippen molar-refractivity contribution < 1.29 is 14.6 Å². The average Bonchev–Trinajstić information content (AvgIpc) is 2.54. The maximum absolute atomic E-state index is 10.9. The zero-order valence-corrected chi connectivity index (χ0v) is 15.4. The van der Waals surface area contributed by atoms with Crippen molar-refractivity contribution in [3.63, 3.8) is 0 Å². The molecular weight excluding hydrogens is 288 g/mol. The second-order valence-corrected chi connectivity index (χ2v) is 6.30. The van der Waals surface area contributed by atoms with Gasteiger partial charge in [0, 0.05) is 6.61 Å². The predicted molar refractivity (Wildman–Crippen MR) is 97.9 cm³/mol. The molecule has 0 radical (unpaired) electrons. The van der Waals surface area contributed by atoms with Crippen LogP contribution in [0.1, 0.15) is 97.3 Å². The molecule has 0 aromatic carbocycles. The number of hydrogen-bond acceptors (Lipinski definition) is 2. The number of allylic oxidation sites excluding steroid dienone is 2. The highest BCUT2D eigenvalue weighted by molar-refractivity contribution is 5.72. The molecule has 0 aliphatic heterocycles. The van der Waals surface area contributed by atoms with Gasteiger partial charge >= 0.3 is 5.97 Å². The minimum Gasteiger partial charge on any atom is -0.479 e. The van der Waals surface area contributed by atoms with Crippen LogP contribution in [0, 0.1) is 0 Å². The molecule has 1 atom stereocenters. The topological polar surface area (TPSA) is 46.5 Å². The summed E-state index contributed by atoms with van der Waals surface area (Å²) in [5.74, 6) is -0.829. The Morgan fingerprint density at radius 1 is 0.870 bits per heavy atom. The van der Waals surface area contributed by atoms with Crippen molar-refractivity contribution in [3.8, 4) is 0 Å². The molecule has 3 heteroatoms. The summed E-state index contributed by atoms with van der Waals surface area (Å²) in [5, 5.41) is 8.97. The van der Waals surface area contributed by atoms with Crippen LogP contribution in [0.3, 0.4) is 0 Å². The minimum absolute atomic E-state index is 0.473. The Morgan fingerprint density at radius 3 is 1.91 bits per heavy atom. The van der Waals surface area contributed by atoms with Crippen LogP contribution < -0.4 is 0 Å². The van der Waals surface area contributed by atoms with E-state index in [9.17, 15) is 4.79 Å². The predicted octanol–water partition coefficient (Wildman–Crippen LogP) is 6.12. The first-order valence-corrected chi connectivity index (χ1v) is 9.71. The second kappa shape index (κ2) is 17.5. The van der Waals surface area contributed by atoms with Gasteiger partial charge in [0.25, 0.3) is 0 Å². The molecule has 0 bridgehead atoms. The van der Waals surface area contributed by atoms with Crippen LogP contribution in [0.15, 0.2) is 12.2 Å². The van der Waals surface area contributed by atoms with E-state index in [-0.39, 0.29) is 0 Å². The molecule has 0 aromatic rings. The number of carboxylic acids is 1. The summed E-state index contributed by atoms with van der Waals surface area (Å²) in [6.45, 7) is 4.57. The van der Waals surface area contributed by atoms with Gasteiger partial charge in [-0.25, -0.2) is 4.79 Å². The highest BCUT2D eigenvalue weighted by Gasteiger charge is 2.16. The van der Waals surface area contributed by atoms with Gasteiger partial charge in [0.2, 0.25) is 0 Å². The van der Waals surface area contributed by atoms with E-state index in [0.717, 1.165) is 19.3 Å². The molecule has 0 aliphatic rings. The molecule has 1 unspecified atom stereocenters. The Morgan fingerprint density at radius 2 is 1.39 bits per heavy atom. The molecule has 0 saturated carbocycles. The van der Waals surface area contributed by atoms with Gasteiger partial charge in [0.1, 0.15) is 0 Å². The zero-order chi connectivity index (χ0) is 17.2. The Labute approximate surface area is 143 Å². The lowest BCUT2D eigenvalue weighted by Crippen LogP contribution is -2.23. The maximum atomic E-state index is 10.9. The molecule has 3 nitrogen and oxygen atoms in total. The summed E-state index contributed by atoms with van der Waals surface area (Å²) in [5.41, 5.74) is 0. The molecule has 0 aliphatic carbocycles. The first-order chi connectivity index (χ1) is 11.2. The van der Waals surface area contributed by atoms with E-state index in [1.807, 2.05) is 6.92 Å². The third-order valence-corrected chi connectivity index (χ3v) is 4.12. The first kappa shape index (κ1) is 22.2. The van der Waals surface area contributed by atoms with Crippen molar-refractivity contribution in [2.45, 2.75) is 103 Å². The fourth-order valence-electron chi connectivity index (χ4n) is 2.70. The average molecular weight is 327 g/mol. The maximum Gasteiger partial charge on any atom is 0.332 e. The smallest absolute Gasteiger partial charge is 0.332 e. The van der Waals surface area contributed by atoms with Crippen molar-refractivity contribution in [1.82, 2.24) is 0 Å². The Bertz CT molecular complexity index is 287. The molecule has 0 aromatic heterocycles. The number of carboxylic acid groups (broad SMARTS) is 1. The summed E-state index contributed by atoms with van der Waals surface area (Å²) in [4.78, 5) is 10.9. The second-order valence-electron chi connectivity index (χ2n) is 6.30. The third kappa shape index (κ3) is 15.8. The van der Waals surface area contributed by atoms with Crippen molar-refractivity contribution in [2.24, 2.45) is 0 Å². The monoisotopic (exact) mass is 326 g/mol. The largest absolute Gasteiger partial charge is 0.479 e. The van der Waals surface area contributed by atoms with E-state index in [0.29, 0.717) is 13.0 Å². The van der Waals surface area contributed by atoms with E-state index in [4.69, 9.17) is 9.84 Å². The number of ether oxygens (including phenoxy) is 1. The van der Waals surface area contributed by atoms with E-state index < -0.39 is 12.1 Å². The number of hydrogen-bond donors (Lipinski definition) is 1. The molecule has 0 heterocycles. The van der Waals surface area contributed by atoms with Crippen molar-refractivity contribution >= 4 is 5.97 Å². The molecule has 0 amide bonds. The molecule has 0 spiro atoms.